The second-order valence-electron chi connectivity index (χ2n) is 4.48. The van der Waals surface area contributed by atoms with Crippen LogP contribution in [0.3, 0.4) is 0 Å². The number of carbonyl (C=O) groups excluding carboxylic acids is 2. The lowest BCUT2D eigenvalue weighted by molar-refractivity contribution is -0.140. The largest absolute Gasteiger partial charge is 0.468 e. The molecule has 0 aromatic rings. The molecule has 1 unspecified atom stereocenters. The molecule has 1 amide bonds. The minimum absolute atomic E-state index is 0.0357. The van der Waals surface area contributed by atoms with Crippen molar-refractivity contribution in [3.63, 3.8) is 0 Å². The van der Waals surface area contributed by atoms with Gasteiger partial charge in [-0.25, -0.2) is 0 Å². The van der Waals surface area contributed by atoms with Crippen LogP contribution in [0.15, 0.2) is 0 Å². The number of amides is 1. The topological polar surface area (TPSA) is 55.4 Å². The zero-order valence-electron chi connectivity index (χ0n) is 10.2. The van der Waals surface area contributed by atoms with Crippen molar-refractivity contribution < 1.29 is 14.3 Å². The van der Waals surface area contributed by atoms with E-state index in [4.69, 9.17) is 11.6 Å². The molecule has 0 saturated heterocycles. The van der Waals surface area contributed by atoms with Gasteiger partial charge in [0.05, 0.1) is 7.11 Å². The SMILES string of the molecule is COC(=O)C(Cl)CNC(=O)CCC1CCCC1. The highest BCUT2D eigenvalue weighted by molar-refractivity contribution is 6.30. The summed E-state index contributed by atoms with van der Waals surface area (Å²) in [5.74, 6) is 0.155. The Bertz CT molecular complexity index is 264. The number of hydrogen-bond acceptors (Lipinski definition) is 3. The average molecular weight is 262 g/mol. The fourth-order valence-electron chi connectivity index (χ4n) is 2.14. The molecular formula is C12H20ClNO3. The van der Waals surface area contributed by atoms with Gasteiger partial charge in [-0.3, -0.25) is 9.59 Å². The Labute approximate surface area is 107 Å². The second kappa shape index (κ2) is 7.54. The third kappa shape index (κ3) is 5.39. The summed E-state index contributed by atoms with van der Waals surface area (Å²) in [6, 6.07) is 0. The van der Waals surface area contributed by atoms with Crippen LogP contribution >= 0.6 is 11.6 Å². The van der Waals surface area contributed by atoms with E-state index in [1.807, 2.05) is 0 Å². The number of carbonyl (C=O) groups is 2. The zero-order chi connectivity index (χ0) is 12.7. The van der Waals surface area contributed by atoms with Crippen molar-refractivity contribution in [2.45, 2.75) is 43.9 Å². The lowest BCUT2D eigenvalue weighted by atomic mass is 10.0. The van der Waals surface area contributed by atoms with Crippen LogP contribution in [0, 0.1) is 5.92 Å². The van der Waals surface area contributed by atoms with E-state index in [-0.39, 0.29) is 12.5 Å². The Morgan fingerprint density at radius 2 is 2.06 bits per heavy atom. The monoisotopic (exact) mass is 261 g/mol. The van der Waals surface area contributed by atoms with Crippen LogP contribution in [-0.2, 0) is 14.3 Å². The summed E-state index contributed by atoms with van der Waals surface area (Å²) in [5, 5.41) is 1.85. The zero-order valence-corrected chi connectivity index (χ0v) is 11.0. The third-order valence-electron chi connectivity index (χ3n) is 3.19. The van der Waals surface area contributed by atoms with Crippen molar-refractivity contribution in [2.75, 3.05) is 13.7 Å². The van der Waals surface area contributed by atoms with E-state index in [0.29, 0.717) is 12.3 Å². The number of ether oxygens (including phenoxy) is 1. The molecule has 1 aliphatic rings. The molecule has 0 heterocycles. The van der Waals surface area contributed by atoms with Crippen LogP contribution in [0.5, 0.6) is 0 Å². The van der Waals surface area contributed by atoms with Crippen molar-refractivity contribution in [1.29, 1.82) is 0 Å². The Morgan fingerprint density at radius 3 is 2.65 bits per heavy atom. The number of nitrogens with one attached hydrogen (secondary N) is 1. The van der Waals surface area contributed by atoms with E-state index in [9.17, 15) is 9.59 Å². The van der Waals surface area contributed by atoms with Gasteiger partial charge >= 0.3 is 5.97 Å². The van der Waals surface area contributed by atoms with E-state index in [2.05, 4.69) is 10.1 Å². The van der Waals surface area contributed by atoms with Gasteiger partial charge in [0, 0.05) is 13.0 Å². The highest BCUT2D eigenvalue weighted by atomic mass is 35.5. The quantitative estimate of drug-likeness (QED) is 0.586. The van der Waals surface area contributed by atoms with Gasteiger partial charge < -0.3 is 10.1 Å². The molecule has 17 heavy (non-hydrogen) atoms. The minimum atomic E-state index is -0.796. The van der Waals surface area contributed by atoms with Gasteiger partial charge in [-0.1, -0.05) is 25.7 Å². The number of hydrogen-bond donors (Lipinski definition) is 1. The molecule has 1 fully saturated rings. The van der Waals surface area contributed by atoms with Gasteiger partial charge in [0.15, 0.2) is 0 Å². The number of halogens is 1. The Morgan fingerprint density at radius 1 is 1.41 bits per heavy atom. The summed E-state index contributed by atoms with van der Waals surface area (Å²) in [7, 11) is 1.28. The molecule has 98 valence electrons. The predicted molar refractivity (Wildman–Crippen MR) is 65.9 cm³/mol. The molecule has 0 aromatic heterocycles. The molecule has 0 bridgehead atoms. The first kappa shape index (κ1) is 14.3. The van der Waals surface area contributed by atoms with Gasteiger partial charge in [0.2, 0.25) is 5.91 Å². The van der Waals surface area contributed by atoms with E-state index in [1.54, 1.807) is 0 Å². The molecular weight excluding hydrogens is 242 g/mol. The molecule has 1 N–H and O–H groups in total. The third-order valence-corrected chi connectivity index (χ3v) is 3.52. The average Bonchev–Trinajstić information content (AvgIpc) is 2.85. The molecule has 5 heteroatoms. The van der Waals surface area contributed by atoms with E-state index in [1.165, 1.54) is 32.8 Å². The normalized spacial score (nSPS) is 17.8. The summed E-state index contributed by atoms with van der Waals surface area (Å²) in [5.41, 5.74) is 0. The van der Waals surface area contributed by atoms with Crippen molar-refractivity contribution in [3.05, 3.63) is 0 Å². The van der Waals surface area contributed by atoms with Crippen LogP contribution in [-0.4, -0.2) is 30.9 Å². The Balaban J connectivity index is 2.10. The molecule has 1 atom stereocenters. The molecule has 1 saturated carbocycles. The molecule has 1 rings (SSSR count). The highest BCUT2D eigenvalue weighted by Gasteiger charge is 2.18. The van der Waals surface area contributed by atoms with Crippen LogP contribution in [0.1, 0.15) is 38.5 Å². The van der Waals surface area contributed by atoms with Crippen LogP contribution in [0.25, 0.3) is 0 Å². The Hall–Kier alpha value is -0.770. The smallest absolute Gasteiger partial charge is 0.325 e. The Kier molecular flexibility index (Phi) is 6.34. The van der Waals surface area contributed by atoms with E-state index >= 15 is 0 Å². The highest BCUT2D eigenvalue weighted by Crippen LogP contribution is 2.28. The minimum Gasteiger partial charge on any atom is -0.468 e. The summed E-state index contributed by atoms with van der Waals surface area (Å²) < 4.78 is 4.46. The molecule has 0 aliphatic heterocycles. The standard InChI is InChI=1S/C12H20ClNO3/c1-17-12(16)10(13)8-14-11(15)7-6-9-4-2-3-5-9/h9-10H,2-8H2,1H3,(H,14,15). The van der Waals surface area contributed by atoms with Crippen molar-refractivity contribution in [3.8, 4) is 0 Å². The maximum atomic E-state index is 11.5. The maximum absolute atomic E-state index is 11.5. The maximum Gasteiger partial charge on any atom is 0.325 e. The number of alkyl halides is 1. The summed E-state index contributed by atoms with van der Waals surface area (Å²) in [4.78, 5) is 22.5. The van der Waals surface area contributed by atoms with Gasteiger partial charge in [-0.2, -0.15) is 0 Å². The molecule has 0 aromatic carbocycles. The summed E-state index contributed by atoms with van der Waals surface area (Å²) in [6.45, 7) is 0.137. The van der Waals surface area contributed by atoms with Gasteiger partial charge in [-0.05, 0) is 12.3 Å². The molecule has 4 nitrogen and oxygen atoms in total. The van der Waals surface area contributed by atoms with Crippen molar-refractivity contribution in [1.82, 2.24) is 5.32 Å². The van der Waals surface area contributed by atoms with Crippen molar-refractivity contribution in [2.24, 2.45) is 5.92 Å². The first-order valence-electron chi connectivity index (χ1n) is 6.12. The fraction of sp³-hybridized carbons (Fsp3) is 0.833. The second-order valence-corrected chi connectivity index (χ2v) is 5.01. The molecule has 0 spiro atoms. The number of methoxy groups -OCH3 is 1. The van der Waals surface area contributed by atoms with Gasteiger partial charge in [-0.15, -0.1) is 11.6 Å². The van der Waals surface area contributed by atoms with Gasteiger partial charge in [0.25, 0.3) is 0 Å². The predicted octanol–water partition coefficient (Wildman–Crippen LogP) is 1.85. The number of rotatable bonds is 6. The van der Waals surface area contributed by atoms with Crippen LogP contribution in [0.4, 0.5) is 0 Å². The first-order chi connectivity index (χ1) is 8.13. The first-order valence-corrected chi connectivity index (χ1v) is 6.55. The fourth-order valence-corrected chi connectivity index (χ4v) is 2.30. The van der Waals surface area contributed by atoms with E-state index in [0.717, 1.165) is 6.42 Å². The van der Waals surface area contributed by atoms with Crippen molar-refractivity contribution >= 4 is 23.5 Å². The number of esters is 1. The van der Waals surface area contributed by atoms with Gasteiger partial charge in [0.1, 0.15) is 5.38 Å². The molecule has 1 aliphatic carbocycles. The lowest BCUT2D eigenvalue weighted by Gasteiger charge is -2.11. The lowest BCUT2D eigenvalue weighted by Crippen LogP contribution is -2.34. The van der Waals surface area contributed by atoms with Crippen LogP contribution in [0.2, 0.25) is 0 Å². The van der Waals surface area contributed by atoms with E-state index < -0.39 is 11.3 Å². The molecule has 0 radical (unpaired) electrons. The summed E-state index contributed by atoms with van der Waals surface area (Å²) in [6.07, 6.45) is 6.53. The van der Waals surface area contributed by atoms with Crippen LogP contribution < -0.4 is 5.32 Å². The summed E-state index contributed by atoms with van der Waals surface area (Å²) >= 11 is 5.71.